The standard InChI is InChI=1S/C18H25N3O2/c22-13-17-20-15-8-4-5-9-16(15)21(17)12-18(23)19-11-10-14-6-2-1-3-7-14/h4-5,8-9,14,22H,1-3,6-7,10-13H2,(H,19,23). The Morgan fingerprint density at radius 3 is 2.83 bits per heavy atom. The van der Waals surface area contributed by atoms with Crippen molar-refractivity contribution >= 4 is 16.9 Å². The van der Waals surface area contributed by atoms with Crippen LogP contribution in [-0.2, 0) is 17.9 Å². The first-order valence-corrected chi connectivity index (χ1v) is 8.59. The molecule has 3 rings (SSSR count). The number of aromatic nitrogens is 2. The fraction of sp³-hybridized carbons (Fsp3) is 0.556. The Morgan fingerprint density at radius 1 is 1.26 bits per heavy atom. The van der Waals surface area contributed by atoms with Gasteiger partial charge in [0, 0.05) is 6.54 Å². The molecule has 0 saturated heterocycles. The first-order chi connectivity index (χ1) is 11.3. The van der Waals surface area contributed by atoms with Crippen LogP contribution in [0.25, 0.3) is 11.0 Å². The average molecular weight is 315 g/mol. The van der Waals surface area contributed by atoms with Crippen LogP contribution in [0.1, 0.15) is 44.3 Å². The van der Waals surface area contributed by atoms with Crippen LogP contribution in [0.2, 0.25) is 0 Å². The molecule has 124 valence electrons. The highest BCUT2D eigenvalue weighted by Gasteiger charge is 2.15. The summed E-state index contributed by atoms with van der Waals surface area (Å²) in [4.78, 5) is 16.6. The van der Waals surface area contributed by atoms with Gasteiger partial charge in [-0.25, -0.2) is 4.98 Å². The molecular weight excluding hydrogens is 290 g/mol. The number of benzene rings is 1. The third kappa shape index (κ3) is 3.91. The maximum atomic E-state index is 12.2. The van der Waals surface area contributed by atoms with E-state index in [2.05, 4.69) is 10.3 Å². The number of hydrogen-bond donors (Lipinski definition) is 2. The van der Waals surface area contributed by atoms with Crippen molar-refractivity contribution in [3.63, 3.8) is 0 Å². The van der Waals surface area contributed by atoms with Crippen molar-refractivity contribution in [3.8, 4) is 0 Å². The summed E-state index contributed by atoms with van der Waals surface area (Å²) in [5, 5.41) is 12.5. The number of rotatable bonds is 6. The molecule has 5 nitrogen and oxygen atoms in total. The third-order valence-corrected chi connectivity index (χ3v) is 4.78. The zero-order valence-corrected chi connectivity index (χ0v) is 13.5. The Labute approximate surface area is 136 Å². The van der Waals surface area contributed by atoms with E-state index in [4.69, 9.17) is 0 Å². The number of fused-ring (bicyclic) bond motifs is 1. The molecule has 1 amide bonds. The maximum Gasteiger partial charge on any atom is 0.240 e. The molecule has 0 unspecified atom stereocenters. The normalized spacial score (nSPS) is 15.9. The molecule has 1 fully saturated rings. The number of amides is 1. The minimum atomic E-state index is -0.163. The highest BCUT2D eigenvalue weighted by molar-refractivity contribution is 5.81. The van der Waals surface area contributed by atoms with Crippen molar-refractivity contribution in [2.75, 3.05) is 6.54 Å². The van der Waals surface area contributed by atoms with E-state index in [1.54, 1.807) is 4.57 Å². The van der Waals surface area contributed by atoms with Crippen molar-refractivity contribution in [2.45, 2.75) is 51.7 Å². The molecule has 0 atom stereocenters. The average Bonchev–Trinajstić information content (AvgIpc) is 2.94. The van der Waals surface area contributed by atoms with Crippen LogP contribution in [0.15, 0.2) is 24.3 Å². The van der Waals surface area contributed by atoms with E-state index in [1.807, 2.05) is 24.3 Å². The quantitative estimate of drug-likeness (QED) is 0.861. The molecule has 0 aliphatic heterocycles. The molecule has 23 heavy (non-hydrogen) atoms. The van der Waals surface area contributed by atoms with E-state index in [9.17, 15) is 9.90 Å². The first-order valence-electron chi connectivity index (χ1n) is 8.59. The number of aliphatic hydroxyl groups excluding tert-OH is 1. The summed E-state index contributed by atoms with van der Waals surface area (Å²) in [6, 6.07) is 7.65. The lowest BCUT2D eigenvalue weighted by Gasteiger charge is -2.21. The lowest BCUT2D eigenvalue weighted by atomic mass is 9.87. The number of para-hydroxylation sites is 2. The van der Waals surface area contributed by atoms with E-state index >= 15 is 0 Å². The van der Waals surface area contributed by atoms with Crippen LogP contribution < -0.4 is 5.32 Å². The van der Waals surface area contributed by atoms with Gasteiger partial charge in [0.05, 0.1) is 11.0 Å². The molecule has 1 saturated carbocycles. The van der Waals surface area contributed by atoms with E-state index < -0.39 is 0 Å². The van der Waals surface area contributed by atoms with Gasteiger partial charge in [0.15, 0.2) is 0 Å². The fourth-order valence-electron chi connectivity index (χ4n) is 3.51. The molecular formula is C18H25N3O2. The molecule has 5 heteroatoms. The number of carbonyl (C=O) groups excluding carboxylic acids is 1. The van der Waals surface area contributed by atoms with Gasteiger partial charge < -0.3 is 15.0 Å². The molecule has 1 aliphatic carbocycles. The molecule has 0 bridgehead atoms. The lowest BCUT2D eigenvalue weighted by molar-refractivity contribution is -0.121. The van der Waals surface area contributed by atoms with E-state index in [-0.39, 0.29) is 19.1 Å². The van der Waals surface area contributed by atoms with Crippen molar-refractivity contribution in [2.24, 2.45) is 5.92 Å². The van der Waals surface area contributed by atoms with E-state index in [0.29, 0.717) is 5.82 Å². The van der Waals surface area contributed by atoms with Crippen LogP contribution >= 0.6 is 0 Å². The van der Waals surface area contributed by atoms with Gasteiger partial charge >= 0.3 is 0 Å². The van der Waals surface area contributed by atoms with Gasteiger partial charge in [-0.2, -0.15) is 0 Å². The molecule has 2 aromatic rings. The monoisotopic (exact) mass is 315 g/mol. The Balaban J connectivity index is 1.57. The molecule has 0 radical (unpaired) electrons. The SMILES string of the molecule is O=C(Cn1c(CO)nc2ccccc21)NCCC1CCCCC1. The Bertz CT molecular complexity index is 659. The molecule has 1 heterocycles. The smallest absolute Gasteiger partial charge is 0.240 e. The van der Waals surface area contributed by atoms with Gasteiger partial charge in [0.2, 0.25) is 5.91 Å². The first kappa shape index (κ1) is 16.0. The van der Waals surface area contributed by atoms with Crippen molar-refractivity contribution in [3.05, 3.63) is 30.1 Å². The summed E-state index contributed by atoms with van der Waals surface area (Å²) in [7, 11) is 0. The topological polar surface area (TPSA) is 67.2 Å². The zero-order valence-electron chi connectivity index (χ0n) is 13.5. The van der Waals surface area contributed by atoms with Gasteiger partial charge in [-0.3, -0.25) is 4.79 Å². The van der Waals surface area contributed by atoms with Crippen LogP contribution in [-0.4, -0.2) is 27.1 Å². The number of carbonyl (C=O) groups is 1. The number of imidazole rings is 1. The van der Waals surface area contributed by atoms with Gasteiger partial charge in [-0.05, 0) is 24.5 Å². The minimum Gasteiger partial charge on any atom is -0.388 e. The molecule has 1 aliphatic rings. The number of hydrogen-bond acceptors (Lipinski definition) is 3. The van der Waals surface area contributed by atoms with E-state index in [0.717, 1.165) is 29.9 Å². The summed E-state index contributed by atoms with van der Waals surface area (Å²) < 4.78 is 1.80. The van der Waals surface area contributed by atoms with Gasteiger partial charge in [0.1, 0.15) is 19.0 Å². The number of nitrogens with one attached hydrogen (secondary N) is 1. The van der Waals surface area contributed by atoms with Crippen LogP contribution in [0.3, 0.4) is 0 Å². The minimum absolute atomic E-state index is 0.0151. The second kappa shape index (κ2) is 7.59. The van der Waals surface area contributed by atoms with Crippen molar-refractivity contribution in [1.82, 2.24) is 14.9 Å². The predicted octanol–water partition coefficient (Wildman–Crippen LogP) is 2.62. The highest BCUT2D eigenvalue weighted by Crippen LogP contribution is 2.25. The summed E-state index contributed by atoms with van der Waals surface area (Å²) >= 11 is 0. The Hall–Kier alpha value is -1.88. The van der Waals surface area contributed by atoms with Crippen LogP contribution in [0, 0.1) is 5.92 Å². The lowest BCUT2D eigenvalue weighted by Crippen LogP contribution is -2.30. The largest absolute Gasteiger partial charge is 0.388 e. The second-order valence-corrected chi connectivity index (χ2v) is 6.40. The maximum absolute atomic E-state index is 12.2. The summed E-state index contributed by atoms with van der Waals surface area (Å²) in [6.45, 7) is 0.787. The van der Waals surface area contributed by atoms with Crippen LogP contribution in [0.4, 0.5) is 0 Å². The van der Waals surface area contributed by atoms with Crippen molar-refractivity contribution in [1.29, 1.82) is 0 Å². The number of aliphatic hydroxyl groups is 1. The molecule has 0 spiro atoms. The Morgan fingerprint density at radius 2 is 2.04 bits per heavy atom. The van der Waals surface area contributed by atoms with Gasteiger partial charge in [-0.15, -0.1) is 0 Å². The molecule has 1 aromatic heterocycles. The predicted molar refractivity (Wildman–Crippen MR) is 89.9 cm³/mol. The fourth-order valence-corrected chi connectivity index (χ4v) is 3.51. The number of nitrogens with zero attached hydrogens (tertiary/aromatic N) is 2. The van der Waals surface area contributed by atoms with Gasteiger partial charge in [-0.1, -0.05) is 44.2 Å². The summed E-state index contributed by atoms with van der Waals surface area (Å²) in [6.07, 6.45) is 7.70. The van der Waals surface area contributed by atoms with Crippen LogP contribution in [0.5, 0.6) is 0 Å². The van der Waals surface area contributed by atoms with E-state index in [1.165, 1.54) is 32.1 Å². The van der Waals surface area contributed by atoms with Gasteiger partial charge in [0.25, 0.3) is 0 Å². The molecule has 2 N–H and O–H groups in total. The summed E-state index contributed by atoms with van der Waals surface area (Å²) in [5.74, 6) is 1.29. The van der Waals surface area contributed by atoms with Crippen molar-refractivity contribution < 1.29 is 9.90 Å². The molecule has 1 aromatic carbocycles. The zero-order chi connectivity index (χ0) is 16.1. The Kier molecular flexibility index (Phi) is 5.28. The summed E-state index contributed by atoms with van der Waals surface area (Å²) in [5.41, 5.74) is 1.70. The highest BCUT2D eigenvalue weighted by atomic mass is 16.3. The second-order valence-electron chi connectivity index (χ2n) is 6.40. The third-order valence-electron chi connectivity index (χ3n) is 4.78.